The first-order chi connectivity index (χ1) is 10.1. The van der Waals surface area contributed by atoms with E-state index in [0.717, 1.165) is 17.8 Å². The molecule has 1 heterocycles. The van der Waals surface area contributed by atoms with Crippen LogP contribution in [0.15, 0.2) is 36.5 Å². The maximum Gasteiger partial charge on any atom is 0.269 e. The Morgan fingerprint density at radius 3 is 2.71 bits per heavy atom. The van der Waals surface area contributed by atoms with E-state index in [2.05, 4.69) is 41.6 Å². The topological polar surface area (TPSA) is 54.0 Å². The molecule has 2 aromatic rings. The van der Waals surface area contributed by atoms with E-state index in [1.54, 1.807) is 12.3 Å². The highest BCUT2D eigenvalue weighted by Gasteiger charge is 2.07. The van der Waals surface area contributed by atoms with Crippen molar-refractivity contribution in [2.45, 2.75) is 27.2 Å². The van der Waals surface area contributed by atoms with Crippen molar-refractivity contribution in [1.82, 2.24) is 10.3 Å². The van der Waals surface area contributed by atoms with E-state index in [1.165, 1.54) is 11.1 Å². The lowest BCUT2D eigenvalue weighted by molar-refractivity contribution is 0.0949. The molecule has 21 heavy (non-hydrogen) atoms. The van der Waals surface area contributed by atoms with Gasteiger partial charge in [-0.15, -0.1) is 0 Å². The van der Waals surface area contributed by atoms with Crippen LogP contribution in [0.3, 0.4) is 0 Å². The second-order valence-electron chi connectivity index (χ2n) is 5.13. The smallest absolute Gasteiger partial charge is 0.269 e. The van der Waals surface area contributed by atoms with Gasteiger partial charge in [-0.25, -0.2) is 0 Å². The predicted molar refractivity (Wildman–Crippen MR) is 86.1 cm³/mol. The molecule has 1 aromatic heterocycles. The molecule has 0 unspecified atom stereocenters. The predicted octanol–water partition coefficient (Wildman–Crippen LogP) is 3.58. The third-order valence-corrected chi connectivity index (χ3v) is 3.19. The number of nitrogens with zero attached hydrogens (tertiary/aromatic N) is 1. The van der Waals surface area contributed by atoms with Crippen molar-refractivity contribution in [3.63, 3.8) is 0 Å². The summed E-state index contributed by atoms with van der Waals surface area (Å²) >= 11 is 0. The van der Waals surface area contributed by atoms with Gasteiger partial charge in [0, 0.05) is 24.1 Å². The van der Waals surface area contributed by atoms with Crippen molar-refractivity contribution in [2.75, 3.05) is 11.9 Å². The van der Waals surface area contributed by atoms with Gasteiger partial charge in [0.2, 0.25) is 0 Å². The van der Waals surface area contributed by atoms with Crippen molar-refractivity contribution in [2.24, 2.45) is 0 Å². The van der Waals surface area contributed by atoms with Crippen molar-refractivity contribution in [3.05, 3.63) is 53.3 Å². The molecule has 1 amide bonds. The summed E-state index contributed by atoms with van der Waals surface area (Å²) in [5, 5.41) is 6.16. The highest BCUT2D eigenvalue weighted by Crippen LogP contribution is 2.21. The lowest BCUT2D eigenvalue weighted by Crippen LogP contribution is -2.24. The number of benzene rings is 1. The largest absolute Gasteiger partial charge is 0.355 e. The maximum absolute atomic E-state index is 11.9. The quantitative estimate of drug-likeness (QED) is 0.881. The molecule has 2 rings (SSSR count). The molecule has 0 bridgehead atoms. The van der Waals surface area contributed by atoms with Crippen molar-refractivity contribution in [3.8, 4) is 0 Å². The number of anilines is 2. The van der Waals surface area contributed by atoms with Gasteiger partial charge in [-0.05, 0) is 44.0 Å². The summed E-state index contributed by atoms with van der Waals surface area (Å²) in [6.07, 6.45) is 2.55. The van der Waals surface area contributed by atoms with Crippen molar-refractivity contribution >= 4 is 17.3 Å². The zero-order chi connectivity index (χ0) is 15.2. The van der Waals surface area contributed by atoms with Crippen LogP contribution in [0, 0.1) is 13.8 Å². The zero-order valence-corrected chi connectivity index (χ0v) is 12.7. The molecule has 0 atom stereocenters. The number of hydrogen-bond donors (Lipinski definition) is 2. The van der Waals surface area contributed by atoms with Crippen LogP contribution in [0.2, 0.25) is 0 Å². The maximum atomic E-state index is 11.9. The summed E-state index contributed by atoms with van der Waals surface area (Å²) in [5.74, 6) is -0.138. The van der Waals surface area contributed by atoms with Crippen LogP contribution < -0.4 is 10.6 Å². The molecule has 1 aromatic carbocycles. The summed E-state index contributed by atoms with van der Waals surface area (Å²) in [4.78, 5) is 16.0. The van der Waals surface area contributed by atoms with Gasteiger partial charge in [-0.3, -0.25) is 9.78 Å². The summed E-state index contributed by atoms with van der Waals surface area (Å²) in [7, 11) is 0. The SMILES string of the molecule is CCCNC(=O)c1cc(Nc2ccc(C)cc2C)ccn1. The molecular formula is C17H21N3O. The summed E-state index contributed by atoms with van der Waals surface area (Å²) in [5.41, 5.74) is 4.72. The molecule has 0 saturated heterocycles. The molecule has 2 N–H and O–H groups in total. The van der Waals surface area contributed by atoms with Gasteiger partial charge in [-0.2, -0.15) is 0 Å². The van der Waals surface area contributed by atoms with Crippen LogP contribution in [0.5, 0.6) is 0 Å². The number of nitrogens with one attached hydrogen (secondary N) is 2. The fourth-order valence-electron chi connectivity index (χ4n) is 2.07. The van der Waals surface area contributed by atoms with Gasteiger partial charge in [0.1, 0.15) is 5.69 Å². The van der Waals surface area contributed by atoms with E-state index in [1.807, 2.05) is 19.1 Å². The van der Waals surface area contributed by atoms with Gasteiger partial charge >= 0.3 is 0 Å². The number of aromatic nitrogens is 1. The lowest BCUT2D eigenvalue weighted by Gasteiger charge is -2.11. The molecule has 4 heteroatoms. The molecule has 110 valence electrons. The number of carbonyl (C=O) groups is 1. The average Bonchev–Trinajstić information content (AvgIpc) is 2.48. The first-order valence-electron chi connectivity index (χ1n) is 7.18. The number of aryl methyl sites for hydroxylation is 2. The van der Waals surface area contributed by atoms with Crippen molar-refractivity contribution < 1.29 is 4.79 Å². The number of hydrogen-bond acceptors (Lipinski definition) is 3. The molecule has 0 aliphatic carbocycles. The van der Waals surface area contributed by atoms with Gasteiger partial charge in [0.15, 0.2) is 0 Å². The third kappa shape index (κ3) is 4.05. The Morgan fingerprint density at radius 2 is 2.00 bits per heavy atom. The van der Waals surface area contributed by atoms with E-state index < -0.39 is 0 Å². The summed E-state index contributed by atoms with van der Waals surface area (Å²) in [6.45, 7) is 6.81. The molecule has 4 nitrogen and oxygen atoms in total. The first kappa shape index (κ1) is 15.0. The van der Waals surface area contributed by atoms with Crippen LogP contribution >= 0.6 is 0 Å². The fraction of sp³-hybridized carbons (Fsp3) is 0.294. The van der Waals surface area contributed by atoms with E-state index >= 15 is 0 Å². The molecule has 0 aliphatic heterocycles. The Morgan fingerprint density at radius 1 is 1.19 bits per heavy atom. The van der Waals surface area contributed by atoms with Crippen LogP contribution in [-0.4, -0.2) is 17.4 Å². The molecule has 0 aliphatic rings. The minimum Gasteiger partial charge on any atom is -0.355 e. The number of rotatable bonds is 5. The summed E-state index contributed by atoms with van der Waals surface area (Å²) in [6, 6.07) is 9.85. The van der Waals surface area contributed by atoms with E-state index in [0.29, 0.717) is 12.2 Å². The summed E-state index contributed by atoms with van der Waals surface area (Å²) < 4.78 is 0. The van der Waals surface area contributed by atoms with Crippen LogP contribution in [-0.2, 0) is 0 Å². The highest BCUT2D eigenvalue weighted by atomic mass is 16.1. The zero-order valence-electron chi connectivity index (χ0n) is 12.7. The van der Waals surface area contributed by atoms with Gasteiger partial charge in [-0.1, -0.05) is 24.6 Å². The second-order valence-corrected chi connectivity index (χ2v) is 5.13. The minimum atomic E-state index is -0.138. The third-order valence-electron chi connectivity index (χ3n) is 3.19. The van der Waals surface area contributed by atoms with Gasteiger partial charge in [0.25, 0.3) is 5.91 Å². The van der Waals surface area contributed by atoms with Crippen molar-refractivity contribution in [1.29, 1.82) is 0 Å². The minimum absolute atomic E-state index is 0.138. The van der Waals surface area contributed by atoms with Crippen LogP contribution in [0.25, 0.3) is 0 Å². The molecule has 0 spiro atoms. The van der Waals surface area contributed by atoms with Crippen LogP contribution in [0.1, 0.15) is 35.0 Å². The Hall–Kier alpha value is -2.36. The molecule has 0 fully saturated rings. The number of pyridine rings is 1. The Bertz CT molecular complexity index is 638. The average molecular weight is 283 g/mol. The van der Waals surface area contributed by atoms with E-state index in [9.17, 15) is 4.79 Å². The standard InChI is InChI=1S/C17H21N3O/c1-4-8-19-17(21)16-11-14(7-9-18-16)20-15-6-5-12(2)10-13(15)3/h5-7,9-11H,4,8H2,1-3H3,(H,18,20)(H,19,21). The first-order valence-corrected chi connectivity index (χ1v) is 7.18. The number of carbonyl (C=O) groups excluding carboxylic acids is 1. The Balaban J connectivity index is 2.15. The Kier molecular flexibility index (Phi) is 4.93. The lowest BCUT2D eigenvalue weighted by atomic mass is 10.1. The second kappa shape index (κ2) is 6.88. The normalized spacial score (nSPS) is 10.2. The monoisotopic (exact) mass is 283 g/mol. The fourth-order valence-corrected chi connectivity index (χ4v) is 2.07. The molecule has 0 saturated carbocycles. The van der Waals surface area contributed by atoms with E-state index in [4.69, 9.17) is 0 Å². The molecule has 0 radical (unpaired) electrons. The van der Waals surface area contributed by atoms with Crippen LogP contribution in [0.4, 0.5) is 11.4 Å². The number of amides is 1. The highest BCUT2D eigenvalue weighted by molar-refractivity contribution is 5.93. The Labute approximate surface area is 125 Å². The molecular weight excluding hydrogens is 262 g/mol. The van der Waals surface area contributed by atoms with Gasteiger partial charge < -0.3 is 10.6 Å². The van der Waals surface area contributed by atoms with Gasteiger partial charge in [0.05, 0.1) is 0 Å². The van der Waals surface area contributed by atoms with E-state index in [-0.39, 0.29) is 5.91 Å².